The monoisotopic (exact) mass is 1710 g/mol. The molecule has 0 atom stereocenters. The van der Waals surface area contributed by atoms with E-state index in [1.54, 1.807) is 0 Å². The summed E-state index contributed by atoms with van der Waals surface area (Å²) in [5.74, 6) is 0. The van der Waals surface area contributed by atoms with Crippen LogP contribution in [0.2, 0.25) is 0 Å². The van der Waals surface area contributed by atoms with Crippen LogP contribution in [0.25, 0.3) is 0 Å². The Kier molecular flexibility index (Phi) is 28.7. The molecule has 12 heteroatoms. The van der Waals surface area contributed by atoms with Crippen LogP contribution in [0.5, 0.6) is 0 Å². The Balaban J connectivity index is 0.705. The first kappa shape index (κ1) is 89.4. The molecule has 17 rings (SSSR count). The van der Waals surface area contributed by atoms with Gasteiger partial charge in [-0.25, -0.2) is 0 Å². The molecular formula is C120H118B4N8. The van der Waals surface area contributed by atoms with Crippen molar-refractivity contribution in [2.24, 2.45) is 0 Å². The lowest BCUT2D eigenvalue weighted by Gasteiger charge is -2.31. The Morgan fingerprint density at radius 3 is 0.333 bits per heavy atom. The quantitative estimate of drug-likeness (QED) is 0.0359. The molecule has 0 spiro atoms. The van der Waals surface area contributed by atoms with Gasteiger partial charge in [0.25, 0.3) is 0 Å². The lowest BCUT2D eigenvalue weighted by atomic mass is 9.95. The molecule has 0 bridgehead atoms. The largest absolute Gasteiger partial charge is 0.311 e. The van der Waals surface area contributed by atoms with E-state index in [2.05, 4.69) is 525 Å². The summed E-state index contributed by atoms with van der Waals surface area (Å²) >= 11 is 0. The average Bonchev–Trinajstić information content (AvgIpc) is 0.778. The summed E-state index contributed by atoms with van der Waals surface area (Å²) in [6, 6.07) is 154. The second kappa shape index (κ2) is 42.3. The highest BCUT2D eigenvalue weighted by Gasteiger charge is 2.25. The van der Waals surface area contributed by atoms with Gasteiger partial charge in [0, 0.05) is 136 Å². The van der Waals surface area contributed by atoms with Gasteiger partial charge >= 0.3 is 0 Å². The lowest BCUT2D eigenvalue weighted by Crippen LogP contribution is -2.15. The van der Waals surface area contributed by atoms with Crippen molar-refractivity contribution in [2.45, 2.75) is 119 Å². The molecule has 17 aromatic carbocycles. The molecule has 0 heterocycles. The molecule has 0 aliphatic rings. The SMILES string of the molecule is Bc1ccc(N(c2ccc(B)cc2)c2ccc(N(c3ccc(N(c4ccc(B)cc4)c4ccc(CCCC)cc4)cc3)c3ccc(N(c4ccc(C)cc4)c4ccc(N(c5ccc(CCCC)cc5)c5ccc(N(c6ccc(C)cc6)c6ccc(N(c7ccc(CCCC)cc7)c7ccc(N(c8ccc(B)cc8)c8ccc(CCCC)cc8)cc7)cc6)cc5)cc4)cc3)cc2)cc1. The number of hydrogen-bond acceptors (Lipinski definition) is 8. The summed E-state index contributed by atoms with van der Waals surface area (Å²) < 4.78 is 0. The number of benzene rings is 17. The molecule has 132 heavy (non-hydrogen) atoms. The molecule has 0 unspecified atom stereocenters. The topological polar surface area (TPSA) is 25.9 Å². The van der Waals surface area contributed by atoms with Gasteiger partial charge in [0.2, 0.25) is 0 Å². The Bertz CT molecular complexity index is 6490. The van der Waals surface area contributed by atoms with E-state index < -0.39 is 0 Å². The van der Waals surface area contributed by atoms with Crippen molar-refractivity contribution in [3.63, 3.8) is 0 Å². The molecule has 650 valence electrons. The highest BCUT2D eigenvalue weighted by Crippen LogP contribution is 2.48. The van der Waals surface area contributed by atoms with Gasteiger partial charge in [-0.1, -0.05) is 208 Å². The summed E-state index contributed by atoms with van der Waals surface area (Å²) in [6.07, 6.45) is 13.5. The maximum absolute atomic E-state index is 2.40. The van der Waals surface area contributed by atoms with Crippen molar-refractivity contribution in [1.82, 2.24) is 0 Å². The fourth-order valence-electron chi connectivity index (χ4n) is 17.8. The van der Waals surface area contributed by atoms with E-state index in [1.807, 2.05) is 0 Å². The molecule has 8 nitrogen and oxygen atoms in total. The normalized spacial score (nSPS) is 11.1. The second-order valence-corrected chi connectivity index (χ2v) is 35.4. The van der Waals surface area contributed by atoms with E-state index >= 15 is 0 Å². The van der Waals surface area contributed by atoms with Gasteiger partial charge in [0.1, 0.15) is 31.4 Å². The van der Waals surface area contributed by atoms with Crippen molar-refractivity contribution >= 4 is 190 Å². The van der Waals surface area contributed by atoms with Gasteiger partial charge in [0.05, 0.1) is 0 Å². The van der Waals surface area contributed by atoms with E-state index in [0.29, 0.717) is 0 Å². The van der Waals surface area contributed by atoms with Gasteiger partial charge in [-0.05, 0) is 379 Å². The number of aryl methyl sites for hydroxylation is 6. The minimum Gasteiger partial charge on any atom is -0.311 e. The van der Waals surface area contributed by atoms with Gasteiger partial charge in [-0.2, -0.15) is 0 Å². The van der Waals surface area contributed by atoms with Crippen molar-refractivity contribution in [1.29, 1.82) is 0 Å². The fraction of sp³-hybridized carbons (Fsp3) is 0.150. The number of nitrogens with zero attached hydrogens (tertiary/aromatic N) is 8. The zero-order valence-electron chi connectivity index (χ0n) is 78.3. The third kappa shape index (κ3) is 21.1. The highest BCUT2D eigenvalue weighted by molar-refractivity contribution is 6.33. The van der Waals surface area contributed by atoms with Crippen LogP contribution in [-0.2, 0) is 25.7 Å². The molecule has 0 amide bonds. The second-order valence-electron chi connectivity index (χ2n) is 35.4. The summed E-state index contributed by atoms with van der Waals surface area (Å²) in [5, 5.41) is 0. The first-order valence-electron chi connectivity index (χ1n) is 47.6. The van der Waals surface area contributed by atoms with E-state index in [9.17, 15) is 0 Å². The Morgan fingerprint density at radius 2 is 0.227 bits per heavy atom. The smallest absolute Gasteiger partial charge is 0.139 e. The number of hydrogen-bond donors (Lipinski definition) is 0. The van der Waals surface area contributed by atoms with Gasteiger partial charge in [0.15, 0.2) is 0 Å². The van der Waals surface area contributed by atoms with Gasteiger partial charge < -0.3 is 39.2 Å². The first-order valence-corrected chi connectivity index (χ1v) is 47.6. The maximum Gasteiger partial charge on any atom is 0.139 e. The van der Waals surface area contributed by atoms with Crippen molar-refractivity contribution in [2.75, 3.05) is 39.2 Å². The zero-order chi connectivity index (χ0) is 90.8. The van der Waals surface area contributed by atoms with Crippen LogP contribution in [0.3, 0.4) is 0 Å². The molecule has 0 radical (unpaired) electrons. The van der Waals surface area contributed by atoms with Crippen molar-refractivity contribution in [3.05, 3.63) is 446 Å². The van der Waals surface area contributed by atoms with Crippen molar-refractivity contribution < 1.29 is 0 Å². The van der Waals surface area contributed by atoms with E-state index in [4.69, 9.17) is 0 Å². The lowest BCUT2D eigenvalue weighted by molar-refractivity contribution is 0.795. The van der Waals surface area contributed by atoms with Crippen LogP contribution in [-0.4, -0.2) is 31.4 Å². The Labute approximate surface area is 788 Å². The van der Waals surface area contributed by atoms with Gasteiger partial charge in [-0.15, -0.1) is 0 Å². The Hall–Kier alpha value is -14.6. The van der Waals surface area contributed by atoms with Crippen LogP contribution >= 0.6 is 0 Å². The predicted octanol–water partition coefficient (Wildman–Crippen LogP) is 28.5. The molecule has 0 saturated carbocycles. The third-order valence-corrected chi connectivity index (χ3v) is 25.4. The summed E-state index contributed by atoms with van der Waals surface area (Å²) in [4.78, 5) is 19.0. The zero-order valence-corrected chi connectivity index (χ0v) is 78.3. The highest BCUT2D eigenvalue weighted by atomic mass is 15.2. The minimum atomic E-state index is 1.02. The molecule has 0 aliphatic carbocycles. The maximum atomic E-state index is 2.40. The molecule has 0 saturated heterocycles. The van der Waals surface area contributed by atoms with Crippen LogP contribution in [0.15, 0.2) is 413 Å². The van der Waals surface area contributed by atoms with Gasteiger partial charge in [-0.3, -0.25) is 0 Å². The van der Waals surface area contributed by atoms with Crippen molar-refractivity contribution in [3.8, 4) is 0 Å². The average molecular weight is 1720 g/mol. The molecule has 0 fully saturated rings. The number of rotatable bonds is 36. The van der Waals surface area contributed by atoms with E-state index in [1.165, 1.54) is 80.9 Å². The molecular weight excluding hydrogens is 1600 g/mol. The van der Waals surface area contributed by atoms with Crippen LogP contribution < -0.4 is 61.1 Å². The van der Waals surface area contributed by atoms with Crippen LogP contribution in [0, 0.1) is 13.8 Å². The standard InChI is InChI=1S/C120H118B4N8/c1-7-11-15-89-23-43-99(44-24-89)127(103-51-31-93(121)32-52-103)111-67-77-116(78-68-111)130(102-49-29-92(30-50-102)18-14-10-4)115-75-61-108(62-76-115)125(97-39-19-87(5)20-40-97)107-59-71-113(72-60-107)129(101-47-27-91(28-48-101)17-13-9-3)114-73-63-109(64-74-114)126(98-41-21-88(6)22-42-98)110-65-81-118(82-66-110)132(120-85-79-117(80-86-120)131(105-55-35-95(123)36-56-105)106-57-37-96(124)38-58-106)119-83-69-112(70-84-119)128(104-53-33-94(122)34-54-104)100-45-25-90(26-46-100)16-12-8-2/h19-86H,7-18,121-124H2,1-6H3. The van der Waals surface area contributed by atoms with E-state index in [0.717, 1.165) is 188 Å². The molecule has 17 aromatic rings. The third-order valence-electron chi connectivity index (χ3n) is 25.4. The minimum absolute atomic E-state index is 1.02. The van der Waals surface area contributed by atoms with E-state index in [-0.39, 0.29) is 0 Å². The first-order chi connectivity index (χ1) is 64.7. The Morgan fingerprint density at radius 1 is 0.136 bits per heavy atom. The number of anilines is 24. The molecule has 0 N–H and O–H groups in total. The summed E-state index contributed by atoms with van der Waals surface area (Å²) in [7, 11) is 8.60. The molecule has 0 aliphatic heterocycles. The summed E-state index contributed by atoms with van der Waals surface area (Å²) in [6.45, 7) is 13.4. The molecule has 0 aromatic heterocycles. The van der Waals surface area contributed by atoms with Crippen LogP contribution in [0.4, 0.5) is 136 Å². The van der Waals surface area contributed by atoms with Crippen LogP contribution in [0.1, 0.15) is 112 Å². The summed E-state index contributed by atoms with van der Waals surface area (Å²) in [5.41, 5.74) is 38.4. The predicted molar refractivity (Wildman–Crippen MR) is 581 cm³/mol. The fourth-order valence-corrected chi connectivity index (χ4v) is 17.8. The number of unbranched alkanes of at least 4 members (excludes halogenated alkanes) is 4.